The number of ether oxygens (including phenoxy) is 2. The SMILES string of the molecule is Nc1nc2c(ncn2[C@@H]2O[C@H](COP(=O)(O)OP(=O)(O)O[C@H]3OC[C@@H](O)[C@@H](O)[C@@H]3O)[C@@H](O)[C@H]2O)c(=O)[nH]1. The molecule has 2 aliphatic rings. The number of rotatable bonds is 8. The van der Waals surface area contributed by atoms with Crippen LogP contribution in [0.1, 0.15) is 6.23 Å². The lowest BCUT2D eigenvalue weighted by atomic mass is 10.1. The van der Waals surface area contributed by atoms with Gasteiger partial charge in [0.2, 0.25) is 5.95 Å². The summed E-state index contributed by atoms with van der Waals surface area (Å²) < 4.78 is 48.7. The Morgan fingerprint density at radius 2 is 1.81 bits per heavy atom. The van der Waals surface area contributed by atoms with Gasteiger partial charge >= 0.3 is 15.6 Å². The quantitative estimate of drug-likeness (QED) is 0.135. The molecule has 0 saturated carbocycles. The summed E-state index contributed by atoms with van der Waals surface area (Å²) in [7, 11) is -10.9. The molecule has 2 aromatic heterocycles. The number of aliphatic hydroxyl groups excluding tert-OH is 5. The summed E-state index contributed by atoms with van der Waals surface area (Å²) in [6.07, 6.45) is -12.6. The Labute approximate surface area is 205 Å². The van der Waals surface area contributed by atoms with Crippen LogP contribution in [-0.4, -0.2) is 111 Å². The number of nitrogens with zero attached hydrogens (tertiary/aromatic N) is 3. The van der Waals surface area contributed by atoms with Crippen molar-refractivity contribution in [2.75, 3.05) is 18.9 Å². The summed E-state index contributed by atoms with van der Waals surface area (Å²) in [6.45, 7) is -1.56. The van der Waals surface area contributed by atoms with E-state index >= 15 is 0 Å². The van der Waals surface area contributed by atoms with E-state index in [0.29, 0.717) is 0 Å². The van der Waals surface area contributed by atoms with E-state index in [0.717, 1.165) is 10.9 Å². The van der Waals surface area contributed by atoms with Gasteiger partial charge in [-0.3, -0.25) is 23.4 Å². The summed E-state index contributed by atoms with van der Waals surface area (Å²) in [5.74, 6) is -0.266. The van der Waals surface area contributed by atoms with Crippen molar-refractivity contribution in [1.29, 1.82) is 0 Å². The molecule has 0 radical (unpaired) electrons. The molecule has 10 atom stereocenters. The summed E-state index contributed by atoms with van der Waals surface area (Å²) in [5.41, 5.74) is 4.58. The number of nitrogen functional groups attached to an aromatic ring is 1. The number of phosphoric acid groups is 2. The number of H-pyrrole nitrogens is 1. The number of nitrogens with one attached hydrogen (secondary N) is 1. The predicted molar refractivity (Wildman–Crippen MR) is 114 cm³/mol. The van der Waals surface area contributed by atoms with Crippen molar-refractivity contribution >= 4 is 32.8 Å². The van der Waals surface area contributed by atoms with Crippen LogP contribution in [0, 0.1) is 0 Å². The molecule has 0 aromatic carbocycles. The van der Waals surface area contributed by atoms with Gasteiger partial charge in [-0.15, -0.1) is 0 Å². The van der Waals surface area contributed by atoms with Gasteiger partial charge in [0.25, 0.3) is 5.56 Å². The van der Waals surface area contributed by atoms with E-state index in [1.807, 2.05) is 0 Å². The molecule has 10 N–H and O–H groups in total. The number of aromatic amines is 1. The van der Waals surface area contributed by atoms with Crippen LogP contribution in [0.5, 0.6) is 0 Å². The van der Waals surface area contributed by atoms with Crippen molar-refractivity contribution in [3.63, 3.8) is 0 Å². The third-order valence-corrected chi connectivity index (χ3v) is 7.96. The minimum absolute atomic E-state index is 0.0987. The molecule has 208 valence electrons. The second-order valence-corrected chi connectivity index (χ2v) is 11.0. The van der Waals surface area contributed by atoms with Crippen LogP contribution >= 0.6 is 15.6 Å². The fourth-order valence-electron chi connectivity index (χ4n) is 3.57. The highest BCUT2D eigenvalue weighted by Crippen LogP contribution is 2.61. The minimum Gasteiger partial charge on any atom is -0.388 e. The molecule has 4 rings (SSSR count). The molecule has 4 heterocycles. The van der Waals surface area contributed by atoms with Crippen LogP contribution in [-0.2, 0) is 32.0 Å². The Morgan fingerprint density at radius 1 is 1.11 bits per heavy atom. The Morgan fingerprint density at radius 3 is 2.51 bits per heavy atom. The van der Waals surface area contributed by atoms with E-state index < -0.39 is 83.6 Å². The summed E-state index contributed by atoms with van der Waals surface area (Å²) >= 11 is 0. The Kier molecular flexibility index (Phi) is 7.88. The zero-order valence-electron chi connectivity index (χ0n) is 18.3. The number of aromatic nitrogens is 4. The summed E-state index contributed by atoms with van der Waals surface area (Å²) in [4.78, 5) is 41.5. The lowest BCUT2D eigenvalue weighted by molar-refractivity contribution is -0.245. The Hall–Kier alpha value is -1.87. The van der Waals surface area contributed by atoms with Crippen LogP contribution in [0.4, 0.5) is 5.95 Å². The molecule has 2 unspecified atom stereocenters. The van der Waals surface area contributed by atoms with Crippen molar-refractivity contribution in [3.8, 4) is 0 Å². The van der Waals surface area contributed by atoms with Gasteiger partial charge in [0.1, 0.15) is 36.6 Å². The van der Waals surface area contributed by atoms with Gasteiger partial charge in [0.15, 0.2) is 23.7 Å². The van der Waals surface area contributed by atoms with Crippen LogP contribution < -0.4 is 11.3 Å². The highest BCUT2D eigenvalue weighted by atomic mass is 31.3. The van der Waals surface area contributed by atoms with Gasteiger partial charge in [-0.1, -0.05) is 0 Å². The number of anilines is 1. The summed E-state index contributed by atoms with van der Waals surface area (Å²) in [6, 6.07) is 0. The van der Waals surface area contributed by atoms with Crippen molar-refractivity contribution in [3.05, 3.63) is 16.7 Å². The Balaban J connectivity index is 1.39. The number of imidazole rings is 1. The van der Waals surface area contributed by atoms with Gasteiger partial charge in [-0.25, -0.2) is 14.1 Å². The number of fused-ring (bicyclic) bond motifs is 1. The van der Waals surface area contributed by atoms with Gasteiger partial charge < -0.3 is 50.5 Å². The third kappa shape index (κ3) is 5.92. The maximum Gasteiger partial charge on any atom is 0.483 e. The first-order valence-corrected chi connectivity index (χ1v) is 13.3. The first-order chi connectivity index (χ1) is 17.2. The molecule has 2 aromatic rings. The number of nitrogens with two attached hydrogens (primary N) is 1. The third-order valence-electron chi connectivity index (χ3n) is 5.36. The van der Waals surface area contributed by atoms with Crippen molar-refractivity contribution < 1.29 is 67.3 Å². The van der Waals surface area contributed by atoms with Gasteiger partial charge in [-0.05, 0) is 0 Å². The highest BCUT2D eigenvalue weighted by Gasteiger charge is 2.48. The second-order valence-electron chi connectivity index (χ2n) is 7.99. The molecule has 2 aliphatic heterocycles. The van der Waals surface area contributed by atoms with Crippen molar-refractivity contribution in [1.82, 2.24) is 19.5 Å². The molecule has 0 aliphatic carbocycles. The van der Waals surface area contributed by atoms with E-state index in [-0.39, 0.29) is 17.1 Å². The topological polar surface area (TPSA) is 311 Å². The number of aliphatic hydroxyl groups is 5. The zero-order valence-corrected chi connectivity index (χ0v) is 20.1. The Bertz CT molecular complexity index is 1290. The lowest BCUT2D eigenvalue weighted by Crippen LogP contribution is -2.53. The molecular weight excluding hydrogens is 552 g/mol. The molecule has 0 spiro atoms. The predicted octanol–water partition coefficient (Wildman–Crippen LogP) is -3.99. The lowest BCUT2D eigenvalue weighted by Gasteiger charge is -2.35. The van der Waals surface area contributed by atoms with E-state index in [9.17, 15) is 49.2 Å². The highest BCUT2D eigenvalue weighted by molar-refractivity contribution is 7.61. The standard InChI is InChI=1S/C15H23N5O15P2/c16-15-18-11-6(12(26)19-15)17-3-20(11)13-9(24)8(23)5(33-13)2-32-36(27,28)35-37(29,30)34-14-10(25)7(22)4(21)1-31-14/h3-5,7-10,13-14,21-25H,1-2H2,(H,27,28)(H,29,30)(H3,16,18,19,26)/t4-,5-,7-,8-,9-,10+,13-,14-/m1/s1. The van der Waals surface area contributed by atoms with Crippen molar-refractivity contribution in [2.24, 2.45) is 0 Å². The molecule has 22 heteroatoms. The fraction of sp³-hybridized carbons (Fsp3) is 0.667. The molecule has 2 saturated heterocycles. The smallest absolute Gasteiger partial charge is 0.388 e. The van der Waals surface area contributed by atoms with E-state index in [2.05, 4.69) is 28.3 Å². The second kappa shape index (κ2) is 10.4. The summed E-state index contributed by atoms with van der Waals surface area (Å²) in [5, 5.41) is 49.4. The van der Waals surface area contributed by atoms with Gasteiger partial charge in [-0.2, -0.15) is 9.29 Å². The zero-order chi connectivity index (χ0) is 27.3. The molecule has 37 heavy (non-hydrogen) atoms. The van der Waals surface area contributed by atoms with Gasteiger partial charge in [0.05, 0.1) is 19.5 Å². The number of phosphoric ester groups is 2. The maximum atomic E-state index is 12.2. The monoisotopic (exact) mass is 575 g/mol. The van der Waals surface area contributed by atoms with Crippen LogP contribution in [0.15, 0.2) is 11.1 Å². The number of hydrogen-bond acceptors (Lipinski definition) is 16. The van der Waals surface area contributed by atoms with Crippen molar-refractivity contribution in [2.45, 2.75) is 49.1 Å². The average molecular weight is 575 g/mol. The molecule has 0 amide bonds. The molecular formula is C15H23N5O15P2. The van der Waals surface area contributed by atoms with E-state index in [4.69, 9.17) is 15.2 Å². The first kappa shape index (κ1) is 28.1. The molecule has 20 nitrogen and oxygen atoms in total. The molecule has 0 bridgehead atoms. The minimum atomic E-state index is -5.48. The largest absolute Gasteiger partial charge is 0.483 e. The van der Waals surface area contributed by atoms with Crippen LogP contribution in [0.3, 0.4) is 0 Å². The van der Waals surface area contributed by atoms with Crippen LogP contribution in [0.25, 0.3) is 11.2 Å². The van der Waals surface area contributed by atoms with Crippen LogP contribution in [0.2, 0.25) is 0 Å². The normalized spacial score (nSPS) is 35.9. The first-order valence-electron chi connectivity index (χ1n) is 10.3. The maximum absolute atomic E-state index is 12.2. The number of hydrogen-bond donors (Lipinski definition) is 9. The molecule has 2 fully saturated rings. The van der Waals surface area contributed by atoms with E-state index in [1.165, 1.54) is 0 Å². The van der Waals surface area contributed by atoms with Gasteiger partial charge in [0, 0.05) is 0 Å². The average Bonchev–Trinajstić information content (AvgIpc) is 3.33. The van der Waals surface area contributed by atoms with E-state index in [1.54, 1.807) is 0 Å². The fourth-order valence-corrected chi connectivity index (χ4v) is 5.74.